The molecule has 2 fully saturated rings. The van der Waals surface area contributed by atoms with Crippen LogP contribution in [0.5, 0.6) is 5.75 Å². The van der Waals surface area contributed by atoms with Crippen LogP contribution in [0.4, 0.5) is 16.6 Å². The number of aliphatic hydroxyl groups is 2. The maximum atomic E-state index is 13.6. The zero-order chi connectivity index (χ0) is 48.4. The number of nitrogens with zero attached hydrogens (tertiary/aromatic N) is 8. The monoisotopic (exact) mass is 940 g/mol. The fraction of sp³-hybridized carbons (Fsp3) is 0.481. The van der Waals surface area contributed by atoms with Crippen LogP contribution in [0.25, 0.3) is 33.5 Å². The Morgan fingerprint density at radius 1 is 0.957 bits per heavy atom. The number of piperidine rings is 2. The van der Waals surface area contributed by atoms with Crippen LogP contribution in [0.1, 0.15) is 113 Å². The number of imidazole rings is 1. The molecular weight excluding hydrogens is 877 g/mol. The second-order valence-corrected chi connectivity index (χ2v) is 18.8. The number of anilines is 2. The van der Waals surface area contributed by atoms with Gasteiger partial charge in [0.25, 0.3) is 5.56 Å². The van der Waals surface area contributed by atoms with E-state index >= 15 is 0 Å². The Morgan fingerprint density at radius 2 is 1.72 bits per heavy atom. The van der Waals surface area contributed by atoms with Crippen LogP contribution in [0.15, 0.2) is 65.7 Å². The van der Waals surface area contributed by atoms with E-state index in [0.717, 1.165) is 52.5 Å². The minimum absolute atomic E-state index is 0.0358. The van der Waals surface area contributed by atoms with Gasteiger partial charge in [-0.25, -0.2) is 19.6 Å². The minimum Gasteiger partial charge on any atom is -0.458 e. The first kappa shape index (κ1) is 47.6. The lowest BCUT2D eigenvalue weighted by Crippen LogP contribution is -2.48. The van der Waals surface area contributed by atoms with Crippen molar-refractivity contribution in [3.05, 3.63) is 99.1 Å². The van der Waals surface area contributed by atoms with Gasteiger partial charge in [-0.15, -0.1) is 0 Å². The number of ether oxygens (including phenoxy) is 2. The summed E-state index contributed by atoms with van der Waals surface area (Å²) in [6.07, 6.45) is 8.84. The van der Waals surface area contributed by atoms with E-state index in [2.05, 4.69) is 63.4 Å². The molecule has 0 spiro atoms. The van der Waals surface area contributed by atoms with Crippen LogP contribution in [-0.4, -0.2) is 106 Å². The third-order valence-corrected chi connectivity index (χ3v) is 14.3. The summed E-state index contributed by atoms with van der Waals surface area (Å²) in [6, 6.07) is 18.1. The summed E-state index contributed by atoms with van der Waals surface area (Å²) in [5, 5.41) is 28.1. The number of esters is 1. The van der Waals surface area contributed by atoms with Crippen molar-refractivity contribution >= 4 is 45.9 Å². The molecule has 17 heteroatoms. The molecule has 0 radical (unpaired) electrons. The fourth-order valence-electron chi connectivity index (χ4n) is 10.2. The molecular formula is C52H64N10O7. The van der Waals surface area contributed by atoms with Gasteiger partial charge in [0.2, 0.25) is 5.95 Å². The number of fused-ring (bicyclic) bond motifs is 6. The molecule has 4 N–H and O–H groups in total. The third-order valence-electron chi connectivity index (χ3n) is 14.3. The Kier molecular flexibility index (Phi) is 14.0. The normalized spacial score (nSPS) is 18.6. The van der Waals surface area contributed by atoms with Crippen molar-refractivity contribution in [2.75, 3.05) is 43.4 Å². The standard InChI is InChI=1S/C33H38N4O6.C19H26N6O/c1-3-22-23-16-21(43-32(40)36-14-10-20(11-15-36)35-12-6-5-7-13-35)8-9-27(23)34-29-24(22)18-37-28(29)17-26-25(30(37)38)19-42-31(39)33(26,41)4-2;1-4-15(11-26)22-19-23-17(20-10-14-8-6-5-7-9-14)16-18(24-19)25(12-21-16)13(2)3/h8-9,16-17,20,41H,3-7,10-15,18-19H2,1-2H3;5-9,12-13,15,26H,4,10-11H2,1-3H3,(H2,20,22,23,24)/t33-;15-/m01/s1. The van der Waals surface area contributed by atoms with E-state index in [9.17, 15) is 24.6 Å². The SMILES string of the molecule is CC[C@H](CO)Nc1nc(NCc2ccccc2)c2ncn(C(C)C)c2n1.CCc1c2c(nc3ccc(OC(=O)N4CCC(N5CCCCC5)CC4)cc13)-c1cc3c(c(=O)n1C2)COC(=O)[C@]3(O)CC. The number of likely N-dealkylation sites (tertiary alicyclic amines) is 2. The highest BCUT2D eigenvalue weighted by Crippen LogP contribution is 2.41. The van der Waals surface area contributed by atoms with Gasteiger partial charge in [0.1, 0.15) is 12.4 Å². The van der Waals surface area contributed by atoms with E-state index in [1.165, 1.54) is 37.9 Å². The molecule has 8 heterocycles. The quantitative estimate of drug-likeness (QED) is 0.0890. The predicted octanol–water partition coefficient (Wildman–Crippen LogP) is 7.29. The highest BCUT2D eigenvalue weighted by atomic mass is 16.6. The highest BCUT2D eigenvalue weighted by Gasteiger charge is 2.45. The average molecular weight is 941 g/mol. The minimum atomic E-state index is -1.86. The fourth-order valence-corrected chi connectivity index (χ4v) is 10.2. The molecule has 2 aromatic carbocycles. The molecule has 0 bridgehead atoms. The van der Waals surface area contributed by atoms with Crippen molar-refractivity contribution in [1.82, 2.24) is 38.9 Å². The maximum Gasteiger partial charge on any atom is 0.415 e. The number of aryl methyl sites for hydroxylation is 1. The Bertz CT molecular complexity index is 2900. The zero-order valence-corrected chi connectivity index (χ0v) is 40.3. The van der Waals surface area contributed by atoms with Gasteiger partial charge in [0, 0.05) is 48.2 Å². The van der Waals surface area contributed by atoms with Crippen LogP contribution in [0, 0.1) is 0 Å². The molecule has 364 valence electrons. The van der Waals surface area contributed by atoms with E-state index in [-0.39, 0.29) is 43.4 Å². The molecule has 10 rings (SSSR count). The van der Waals surface area contributed by atoms with E-state index in [1.807, 2.05) is 46.7 Å². The summed E-state index contributed by atoms with van der Waals surface area (Å²) in [5.74, 6) is 0.920. The first-order chi connectivity index (χ1) is 33.4. The highest BCUT2D eigenvalue weighted by molar-refractivity contribution is 5.90. The molecule has 2 saturated heterocycles. The number of benzene rings is 2. The predicted molar refractivity (Wildman–Crippen MR) is 264 cm³/mol. The topological polar surface area (TPSA) is 202 Å². The number of aromatic nitrogens is 6. The number of nitrogens with one attached hydrogen (secondary N) is 2. The Balaban J connectivity index is 0.000000195. The first-order valence-electron chi connectivity index (χ1n) is 24.7. The van der Waals surface area contributed by atoms with Gasteiger partial charge >= 0.3 is 12.1 Å². The first-order valence-corrected chi connectivity index (χ1v) is 24.7. The smallest absolute Gasteiger partial charge is 0.415 e. The molecule has 0 aliphatic carbocycles. The number of hydrogen-bond donors (Lipinski definition) is 4. The van der Waals surface area contributed by atoms with E-state index in [1.54, 1.807) is 30.0 Å². The summed E-state index contributed by atoms with van der Waals surface area (Å²) in [7, 11) is 0. The summed E-state index contributed by atoms with van der Waals surface area (Å²) in [5.41, 5.74) is 5.08. The van der Waals surface area contributed by atoms with Crippen molar-refractivity contribution in [3.8, 4) is 17.1 Å². The van der Waals surface area contributed by atoms with Gasteiger partial charge in [0.05, 0.1) is 48.0 Å². The van der Waals surface area contributed by atoms with Crippen molar-refractivity contribution in [2.24, 2.45) is 0 Å². The van der Waals surface area contributed by atoms with Crippen molar-refractivity contribution < 1.29 is 29.3 Å². The summed E-state index contributed by atoms with van der Waals surface area (Å²) >= 11 is 0. The van der Waals surface area contributed by atoms with E-state index in [4.69, 9.17) is 14.5 Å². The lowest BCUT2D eigenvalue weighted by atomic mass is 9.86. The van der Waals surface area contributed by atoms with Gasteiger partial charge < -0.3 is 49.3 Å². The van der Waals surface area contributed by atoms with Gasteiger partial charge in [-0.1, -0.05) is 57.5 Å². The van der Waals surface area contributed by atoms with Crippen LogP contribution in [0.3, 0.4) is 0 Å². The molecule has 69 heavy (non-hydrogen) atoms. The second-order valence-electron chi connectivity index (χ2n) is 18.8. The largest absolute Gasteiger partial charge is 0.458 e. The molecule has 0 unspecified atom stereocenters. The molecule has 4 aliphatic heterocycles. The average Bonchev–Trinajstić information content (AvgIpc) is 3.98. The summed E-state index contributed by atoms with van der Waals surface area (Å²) in [6.45, 7) is 14.5. The number of carbonyl (C=O) groups is 2. The van der Waals surface area contributed by atoms with Gasteiger partial charge in [-0.2, -0.15) is 9.97 Å². The zero-order valence-electron chi connectivity index (χ0n) is 40.3. The number of carbonyl (C=O) groups excluding carboxylic acids is 2. The number of hydrogen-bond acceptors (Lipinski definition) is 14. The number of aliphatic hydroxyl groups excluding tert-OH is 1. The number of pyridine rings is 2. The van der Waals surface area contributed by atoms with Crippen LogP contribution < -0.4 is 20.9 Å². The number of amides is 1. The second kappa shape index (κ2) is 20.3. The molecule has 4 aliphatic rings. The van der Waals surface area contributed by atoms with E-state index < -0.39 is 11.6 Å². The summed E-state index contributed by atoms with van der Waals surface area (Å²) in [4.78, 5) is 62.3. The molecule has 17 nitrogen and oxygen atoms in total. The van der Waals surface area contributed by atoms with Gasteiger partial charge in [0.15, 0.2) is 22.6 Å². The summed E-state index contributed by atoms with van der Waals surface area (Å²) < 4.78 is 14.7. The molecule has 1 amide bonds. The van der Waals surface area contributed by atoms with Crippen molar-refractivity contribution in [3.63, 3.8) is 0 Å². The van der Waals surface area contributed by atoms with Gasteiger partial charge in [-0.05, 0) is 107 Å². The number of cyclic esters (lactones) is 1. The lowest BCUT2D eigenvalue weighted by Gasteiger charge is -2.39. The Labute approximate surface area is 401 Å². The number of rotatable bonds is 12. The third kappa shape index (κ3) is 9.39. The van der Waals surface area contributed by atoms with Gasteiger partial charge in [-0.3, -0.25) is 4.79 Å². The van der Waals surface area contributed by atoms with E-state index in [0.29, 0.717) is 78.7 Å². The molecule has 6 aromatic rings. The Morgan fingerprint density at radius 3 is 2.42 bits per heavy atom. The molecule has 2 atom stereocenters. The maximum absolute atomic E-state index is 13.6. The van der Waals surface area contributed by atoms with Crippen LogP contribution >= 0.6 is 0 Å². The molecule has 4 aromatic heterocycles. The van der Waals surface area contributed by atoms with Crippen LogP contribution in [-0.2, 0) is 41.2 Å². The van der Waals surface area contributed by atoms with Crippen molar-refractivity contribution in [1.29, 1.82) is 0 Å². The lowest BCUT2D eigenvalue weighted by molar-refractivity contribution is -0.172. The van der Waals surface area contributed by atoms with Crippen molar-refractivity contribution in [2.45, 2.75) is 129 Å². The Hall–Kier alpha value is -6.43. The molecule has 0 saturated carbocycles. The van der Waals surface area contributed by atoms with Crippen LogP contribution in [0.2, 0.25) is 0 Å².